The number of halogens is 1. The van der Waals surface area contributed by atoms with Gasteiger partial charge in [-0.1, -0.05) is 53.7 Å². The van der Waals surface area contributed by atoms with Crippen LogP contribution in [-0.4, -0.2) is 17.4 Å². The predicted molar refractivity (Wildman–Crippen MR) is 128 cm³/mol. The number of rotatable bonds is 5. The van der Waals surface area contributed by atoms with Gasteiger partial charge in [0.05, 0.1) is 28.3 Å². The second-order valence-electron chi connectivity index (χ2n) is 7.79. The van der Waals surface area contributed by atoms with Crippen molar-refractivity contribution in [2.24, 2.45) is 0 Å². The minimum Gasteiger partial charge on any atom is -0.352 e. The first-order valence-electron chi connectivity index (χ1n) is 10.4. The summed E-state index contributed by atoms with van der Waals surface area (Å²) in [6, 6.07) is 17.1. The summed E-state index contributed by atoms with van der Waals surface area (Å²) in [6.07, 6.45) is 2.02. The van der Waals surface area contributed by atoms with Crippen LogP contribution in [-0.2, 0) is 9.59 Å². The predicted octanol–water partition coefficient (Wildman–Crippen LogP) is 5.45. The smallest absolute Gasteiger partial charge is 0.234 e. The molecule has 2 aliphatic rings. The van der Waals surface area contributed by atoms with Crippen LogP contribution >= 0.6 is 23.4 Å². The number of amides is 1. The van der Waals surface area contributed by atoms with Crippen LogP contribution in [0.1, 0.15) is 36.3 Å². The number of allylic oxidation sites excluding steroid dienone is 3. The molecule has 4 rings (SSSR count). The molecular formula is C25H22ClN3O2S. The molecule has 0 radical (unpaired) electrons. The van der Waals surface area contributed by atoms with Crippen LogP contribution in [0.5, 0.6) is 0 Å². The number of hydrogen-bond donors (Lipinski definition) is 2. The lowest BCUT2D eigenvalue weighted by molar-refractivity contribution is -0.116. The third-order valence-electron chi connectivity index (χ3n) is 5.62. The van der Waals surface area contributed by atoms with E-state index in [1.165, 1.54) is 11.8 Å². The molecule has 7 heteroatoms. The highest BCUT2D eigenvalue weighted by atomic mass is 35.5. The number of nitrogens with one attached hydrogen (secondary N) is 2. The van der Waals surface area contributed by atoms with E-state index in [1.807, 2.05) is 31.2 Å². The molecule has 2 N–H and O–H groups in total. The molecular weight excluding hydrogens is 442 g/mol. The molecule has 1 aliphatic carbocycles. The molecule has 1 unspecified atom stereocenters. The number of anilines is 1. The van der Waals surface area contributed by atoms with E-state index in [0.29, 0.717) is 33.3 Å². The number of carbonyl (C=O) groups excluding carboxylic acids is 2. The minimum absolute atomic E-state index is 0.0857. The zero-order valence-electron chi connectivity index (χ0n) is 17.6. The molecule has 0 aromatic heterocycles. The first-order chi connectivity index (χ1) is 15.5. The molecule has 162 valence electrons. The van der Waals surface area contributed by atoms with E-state index in [0.717, 1.165) is 29.7 Å². The van der Waals surface area contributed by atoms with Crippen LogP contribution in [0.2, 0.25) is 5.02 Å². The first-order valence-corrected chi connectivity index (χ1v) is 11.8. The number of carbonyl (C=O) groups is 2. The molecule has 2 aromatic carbocycles. The lowest BCUT2D eigenvalue weighted by atomic mass is 9.76. The summed E-state index contributed by atoms with van der Waals surface area (Å²) in [6.45, 7) is 1.99. The minimum atomic E-state index is -0.413. The van der Waals surface area contributed by atoms with Crippen LogP contribution in [0.3, 0.4) is 0 Å². The van der Waals surface area contributed by atoms with Gasteiger partial charge in [0, 0.05) is 28.4 Å². The average molecular weight is 464 g/mol. The van der Waals surface area contributed by atoms with Crippen molar-refractivity contribution < 1.29 is 9.59 Å². The van der Waals surface area contributed by atoms with Gasteiger partial charge in [-0.3, -0.25) is 9.59 Å². The molecule has 0 bridgehead atoms. The number of hydrogen-bond acceptors (Lipinski definition) is 5. The standard InChI is InChI=1S/C25H22ClN3O2S/c1-15-6-2-3-9-18(15)23-19(13-27)25(29-20-10-5-11-21(30)24(20)23)32-14-22(31)28-17-8-4-7-16(26)12-17/h2-4,6-9,12,23,29H,5,10-11,14H2,1H3,(H,28,31). The number of nitrogens with zero attached hydrogens (tertiary/aromatic N) is 1. The topological polar surface area (TPSA) is 82.0 Å². The summed E-state index contributed by atoms with van der Waals surface area (Å²) in [7, 11) is 0. The van der Waals surface area contributed by atoms with Crippen molar-refractivity contribution in [3.05, 3.63) is 86.6 Å². The number of aryl methyl sites for hydroxylation is 1. The maximum Gasteiger partial charge on any atom is 0.234 e. The summed E-state index contributed by atoms with van der Waals surface area (Å²) in [5.41, 5.74) is 4.64. The lowest BCUT2D eigenvalue weighted by Crippen LogP contribution is -2.32. The Morgan fingerprint density at radius 2 is 2.06 bits per heavy atom. The van der Waals surface area contributed by atoms with Crippen molar-refractivity contribution in [2.45, 2.75) is 32.1 Å². The Labute approximate surface area is 196 Å². The Kier molecular flexibility index (Phi) is 6.69. The molecule has 1 amide bonds. The van der Waals surface area contributed by atoms with Crippen LogP contribution in [0.15, 0.2) is 70.4 Å². The van der Waals surface area contributed by atoms with Crippen LogP contribution < -0.4 is 10.6 Å². The van der Waals surface area contributed by atoms with Crippen molar-refractivity contribution >= 4 is 40.7 Å². The monoisotopic (exact) mass is 463 g/mol. The quantitative estimate of drug-likeness (QED) is 0.616. The molecule has 32 heavy (non-hydrogen) atoms. The zero-order chi connectivity index (χ0) is 22.7. The Morgan fingerprint density at radius 3 is 2.81 bits per heavy atom. The fourth-order valence-electron chi connectivity index (χ4n) is 4.16. The van der Waals surface area contributed by atoms with E-state index in [2.05, 4.69) is 16.7 Å². The lowest BCUT2D eigenvalue weighted by Gasteiger charge is -2.33. The highest BCUT2D eigenvalue weighted by Crippen LogP contribution is 2.44. The first kappa shape index (κ1) is 22.2. The largest absolute Gasteiger partial charge is 0.352 e. The molecule has 2 aromatic rings. The van der Waals surface area contributed by atoms with Gasteiger partial charge < -0.3 is 10.6 Å². The Morgan fingerprint density at radius 1 is 1.25 bits per heavy atom. The van der Waals surface area contributed by atoms with Gasteiger partial charge in [-0.25, -0.2) is 0 Å². The molecule has 0 saturated carbocycles. The fraction of sp³-hybridized carbons (Fsp3) is 0.240. The van der Waals surface area contributed by atoms with Gasteiger partial charge in [0.15, 0.2) is 5.78 Å². The Hall–Kier alpha value is -3.01. The third-order valence-corrected chi connectivity index (χ3v) is 6.87. The fourth-order valence-corrected chi connectivity index (χ4v) is 5.21. The van der Waals surface area contributed by atoms with E-state index in [4.69, 9.17) is 11.6 Å². The third kappa shape index (κ3) is 4.59. The summed E-state index contributed by atoms with van der Waals surface area (Å²) in [5, 5.41) is 17.4. The summed E-state index contributed by atoms with van der Waals surface area (Å²) < 4.78 is 0. The van der Waals surface area contributed by atoms with Crippen molar-refractivity contribution in [3.63, 3.8) is 0 Å². The summed E-state index contributed by atoms with van der Waals surface area (Å²) >= 11 is 7.26. The molecule has 5 nitrogen and oxygen atoms in total. The number of Topliss-reactive ketones (excluding diaryl/α,β-unsaturated/α-hetero) is 1. The normalized spacial score (nSPS) is 18.0. The van der Waals surface area contributed by atoms with Gasteiger partial charge in [0.25, 0.3) is 0 Å². The van der Waals surface area contributed by atoms with Gasteiger partial charge in [-0.05, 0) is 49.1 Å². The second kappa shape index (κ2) is 9.64. The number of nitriles is 1. The van der Waals surface area contributed by atoms with E-state index >= 15 is 0 Å². The van der Waals surface area contributed by atoms with E-state index in [-0.39, 0.29) is 17.4 Å². The maximum absolute atomic E-state index is 12.9. The van der Waals surface area contributed by atoms with Crippen LogP contribution in [0, 0.1) is 18.3 Å². The second-order valence-corrected chi connectivity index (χ2v) is 9.21. The van der Waals surface area contributed by atoms with Crippen molar-refractivity contribution in [1.82, 2.24) is 5.32 Å². The number of ketones is 1. The summed E-state index contributed by atoms with van der Waals surface area (Å²) in [4.78, 5) is 25.4. The number of dihydropyridines is 1. The molecule has 0 fully saturated rings. The SMILES string of the molecule is Cc1ccccc1C1C(C#N)=C(SCC(=O)Nc2cccc(Cl)c2)NC2=C1C(=O)CCC2. The molecule has 0 spiro atoms. The van der Waals surface area contributed by atoms with Gasteiger partial charge in [-0.15, -0.1) is 0 Å². The van der Waals surface area contributed by atoms with Crippen LogP contribution in [0.4, 0.5) is 5.69 Å². The Balaban J connectivity index is 1.63. The Bertz CT molecular complexity index is 1200. The van der Waals surface area contributed by atoms with Gasteiger partial charge in [0.2, 0.25) is 5.91 Å². The molecule has 1 aliphatic heterocycles. The highest BCUT2D eigenvalue weighted by molar-refractivity contribution is 8.03. The highest BCUT2D eigenvalue weighted by Gasteiger charge is 2.37. The maximum atomic E-state index is 12.9. The van der Waals surface area contributed by atoms with E-state index < -0.39 is 5.92 Å². The zero-order valence-corrected chi connectivity index (χ0v) is 19.1. The number of thioether (sulfide) groups is 1. The molecule has 1 atom stereocenters. The summed E-state index contributed by atoms with van der Waals surface area (Å²) in [5.74, 6) is -0.404. The van der Waals surface area contributed by atoms with E-state index in [9.17, 15) is 14.9 Å². The van der Waals surface area contributed by atoms with Crippen LogP contribution in [0.25, 0.3) is 0 Å². The average Bonchev–Trinajstić information content (AvgIpc) is 2.77. The molecule has 0 saturated heterocycles. The van der Waals surface area contributed by atoms with Crippen molar-refractivity contribution in [3.8, 4) is 6.07 Å². The van der Waals surface area contributed by atoms with Crippen molar-refractivity contribution in [2.75, 3.05) is 11.1 Å². The van der Waals surface area contributed by atoms with Gasteiger partial charge in [-0.2, -0.15) is 5.26 Å². The van der Waals surface area contributed by atoms with Gasteiger partial charge >= 0.3 is 0 Å². The number of benzene rings is 2. The van der Waals surface area contributed by atoms with Crippen molar-refractivity contribution in [1.29, 1.82) is 5.26 Å². The van der Waals surface area contributed by atoms with Gasteiger partial charge in [0.1, 0.15) is 0 Å². The molecule has 1 heterocycles. The van der Waals surface area contributed by atoms with E-state index in [1.54, 1.807) is 24.3 Å².